The third kappa shape index (κ3) is 4.27. The van der Waals surface area contributed by atoms with Crippen LogP contribution in [0, 0.1) is 6.92 Å². The van der Waals surface area contributed by atoms with Crippen molar-refractivity contribution in [1.29, 1.82) is 0 Å². The van der Waals surface area contributed by atoms with E-state index in [1.54, 1.807) is 0 Å². The molecule has 0 saturated carbocycles. The Morgan fingerprint density at radius 1 is 1.33 bits per heavy atom. The van der Waals surface area contributed by atoms with Crippen molar-refractivity contribution in [1.82, 2.24) is 15.2 Å². The second-order valence-corrected chi connectivity index (χ2v) is 8.35. The van der Waals surface area contributed by atoms with Gasteiger partial charge in [-0.05, 0) is 46.3 Å². The topological polar surface area (TPSA) is 28.2 Å². The van der Waals surface area contributed by atoms with Crippen LogP contribution in [0.1, 0.15) is 69.1 Å². The summed E-state index contributed by atoms with van der Waals surface area (Å²) < 4.78 is 0. The van der Waals surface area contributed by atoms with Crippen LogP contribution in [0.3, 0.4) is 0 Å². The summed E-state index contributed by atoms with van der Waals surface area (Å²) in [6.45, 7) is 17.1. The van der Waals surface area contributed by atoms with Gasteiger partial charge < -0.3 is 10.2 Å². The van der Waals surface area contributed by atoms with Gasteiger partial charge in [0, 0.05) is 22.4 Å². The van der Waals surface area contributed by atoms with Crippen LogP contribution < -0.4 is 5.32 Å². The lowest BCUT2D eigenvalue weighted by Gasteiger charge is -2.33. The summed E-state index contributed by atoms with van der Waals surface area (Å²) in [6, 6.07) is 1.07. The molecule has 3 nitrogen and oxygen atoms in total. The summed E-state index contributed by atoms with van der Waals surface area (Å²) in [5, 5.41) is 5.08. The minimum atomic E-state index is 0.153. The van der Waals surface area contributed by atoms with Crippen molar-refractivity contribution in [2.75, 3.05) is 19.6 Å². The molecule has 1 N–H and O–H groups in total. The number of nitrogens with zero attached hydrogens (tertiary/aromatic N) is 2. The lowest BCUT2D eigenvalue weighted by atomic mass is 9.98. The molecule has 0 radical (unpaired) electrons. The summed E-state index contributed by atoms with van der Waals surface area (Å²) in [5.74, 6) is 0. The Bertz CT molecular complexity index is 453. The molecule has 1 aromatic heterocycles. The van der Waals surface area contributed by atoms with E-state index in [2.05, 4.69) is 51.8 Å². The maximum absolute atomic E-state index is 4.79. The first-order chi connectivity index (χ1) is 9.81. The van der Waals surface area contributed by atoms with Gasteiger partial charge in [-0.25, -0.2) is 4.98 Å². The number of piperidine rings is 1. The molecule has 1 fully saturated rings. The van der Waals surface area contributed by atoms with E-state index in [1.807, 2.05) is 11.3 Å². The molecule has 2 heterocycles. The largest absolute Gasteiger partial charge is 0.307 e. The van der Waals surface area contributed by atoms with Crippen molar-refractivity contribution in [3.8, 4) is 0 Å². The van der Waals surface area contributed by atoms with Gasteiger partial charge in [-0.2, -0.15) is 0 Å². The molecule has 1 unspecified atom stereocenters. The molecule has 1 atom stereocenters. The number of hydrogen-bond acceptors (Lipinski definition) is 4. The van der Waals surface area contributed by atoms with Gasteiger partial charge in [0.1, 0.15) is 0 Å². The first-order valence-corrected chi connectivity index (χ1v) is 9.09. The number of likely N-dealkylation sites (tertiary alicyclic amines) is 1. The van der Waals surface area contributed by atoms with Crippen molar-refractivity contribution in [3.05, 3.63) is 15.6 Å². The number of hydrogen-bond donors (Lipinski definition) is 1. The van der Waals surface area contributed by atoms with Crippen molar-refractivity contribution in [2.24, 2.45) is 0 Å². The summed E-state index contributed by atoms with van der Waals surface area (Å²) in [4.78, 5) is 8.75. The maximum Gasteiger partial charge on any atom is 0.0985 e. The van der Waals surface area contributed by atoms with Gasteiger partial charge in [0.15, 0.2) is 0 Å². The molecule has 0 amide bonds. The minimum absolute atomic E-state index is 0.153. The predicted octanol–water partition coefficient (Wildman–Crippen LogP) is 3.88. The van der Waals surface area contributed by atoms with Crippen molar-refractivity contribution in [2.45, 2.75) is 71.9 Å². The standard InChI is InChI=1S/C17H31N3S/c1-7-20-10-8-14(9-11-20)18-12(2)15-13(3)19-16(21-15)17(4,5)6/h12,14,18H,7-11H2,1-6H3. The summed E-state index contributed by atoms with van der Waals surface area (Å²) in [7, 11) is 0. The average Bonchev–Trinajstić information content (AvgIpc) is 2.82. The van der Waals surface area contributed by atoms with Gasteiger partial charge in [0.25, 0.3) is 0 Å². The number of rotatable bonds is 4. The van der Waals surface area contributed by atoms with Crippen molar-refractivity contribution in [3.63, 3.8) is 0 Å². The fourth-order valence-electron chi connectivity index (χ4n) is 2.98. The first kappa shape index (κ1) is 16.9. The van der Waals surface area contributed by atoms with Gasteiger partial charge >= 0.3 is 0 Å². The third-order valence-corrected chi connectivity index (χ3v) is 6.15. The molecule has 1 saturated heterocycles. The van der Waals surface area contributed by atoms with Gasteiger partial charge in [-0.15, -0.1) is 11.3 Å². The lowest BCUT2D eigenvalue weighted by molar-refractivity contribution is 0.200. The van der Waals surface area contributed by atoms with Crippen molar-refractivity contribution < 1.29 is 0 Å². The highest BCUT2D eigenvalue weighted by atomic mass is 32.1. The quantitative estimate of drug-likeness (QED) is 0.914. The van der Waals surface area contributed by atoms with E-state index in [-0.39, 0.29) is 5.41 Å². The van der Waals surface area contributed by atoms with Crippen LogP contribution in [-0.2, 0) is 5.41 Å². The molecule has 4 heteroatoms. The van der Waals surface area contributed by atoms with E-state index in [4.69, 9.17) is 4.98 Å². The van der Waals surface area contributed by atoms with Crippen LogP contribution in [-0.4, -0.2) is 35.6 Å². The van der Waals surface area contributed by atoms with E-state index in [1.165, 1.54) is 48.1 Å². The van der Waals surface area contributed by atoms with Crippen LogP contribution in [0.25, 0.3) is 0 Å². The van der Waals surface area contributed by atoms with E-state index < -0.39 is 0 Å². The molecule has 0 aromatic carbocycles. The fraction of sp³-hybridized carbons (Fsp3) is 0.824. The Hall–Kier alpha value is -0.450. The normalized spacial score (nSPS) is 19.9. The zero-order valence-electron chi connectivity index (χ0n) is 14.5. The first-order valence-electron chi connectivity index (χ1n) is 8.27. The lowest BCUT2D eigenvalue weighted by Crippen LogP contribution is -2.43. The molecule has 21 heavy (non-hydrogen) atoms. The van der Waals surface area contributed by atoms with E-state index in [0.29, 0.717) is 12.1 Å². The molecule has 1 aliphatic heterocycles. The summed E-state index contributed by atoms with van der Waals surface area (Å²) in [6.07, 6.45) is 2.53. The maximum atomic E-state index is 4.79. The number of thiazole rings is 1. The average molecular weight is 310 g/mol. The Balaban J connectivity index is 1.98. The smallest absolute Gasteiger partial charge is 0.0985 e. The molecule has 0 bridgehead atoms. The van der Waals surface area contributed by atoms with Crippen LogP contribution >= 0.6 is 11.3 Å². The predicted molar refractivity (Wildman–Crippen MR) is 92.2 cm³/mol. The van der Waals surface area contributed by atoms with Gasteiger partial charge in [0.05, 0.1) is 10.7 Å². The molecule has 120 valence electrons. The molecule has 2 rings (SSSR count). The van der Waals surface area contributed by atoms with Crippen LogP contribution in [0.4, 0.5) is 0 Å². The molecule has 1 aromatic rings. The zero-order chi connectivity index (χ0) is 15.6. The zero-order valence-corrected chi connectivity index (χ0v) is 15.3. The monoisotopic (exact) mass is 309 g/mol. The van der Waals surface area contributed by atoms with Crippen LogP contribution in [0.2, 0.25) is 0 Å². The molecule has 0 aliphatic carbocycles. The molecule has 0 spiro atoms. The Morgan fingerprint density at radius 2 is 1.95 bits per heavy atom. The second kappa shape index (κ2) is 6.76. The minimum Gasteiger partial charge on any atom is -0.307 e. The second-order valence-electron chi connectivity index (χ2n) is 7.32. The third-order valence-electron chi connectivity index (χ3n) is 4.39. The number of aryl methyl sites for hydroxylation is 1. The molecular weight excluding hydrogens is 278 g/mol. The van der Waals surface area contributed by atoms with Crippen molar-refractivity contribution >= 4 is 11.3 Å². The van der Waals surface area contributed by atoms with E-state index in [9.17, 15) is 0 Å². The van der Waals surface area contributed by atoms with E-state index in [0.717, 1.165) is 0 Å². The fourth-order valence-corrected chi connectivity index (χ4v) is 4.11. The number of nitrogens with one attached hydrogen (secondary N) is 1. The van der Waals surface area contributed by atoms with Gasteiger partial charge in [-0.1, -0.05) is 27.7 Å². The highest BCUT2D eigenvalue weighted by Crippen LogP contribution is 2.33. The molecular formula is C17H31N3S. The Kier molecular flexibility index (Phi) is 5.44. The summed E-state index contributed by atoms with van der Waals surface area (Å²) >= 11 is 1.88. The summed E-state index contributed by atoms with van der Waals surface area (Å²) in [5.41, 5.74) is 1.36. The van der Waals surface area contributed by atoms with Gasteiger partial charge in [0.2, 0.25) is 0 Å². The molecule has 1 aliphatic rings. The highest BCUT2D eigenvalue weighted by Gasteiger charge is 2.25. The van der Waals surface area contributed by atoms with Crippen LogP contribution in [0.15, 0.2) is 0 Å². The Labute approximate surface area is 134 Å². The van der Waals surface area contributed by atoms with E-state index >= 15 is 0 Å². The SMILES string of the molecule is CCN1CCC(NC(C)c2sc(C(C)(C)C)nc2C)CC1. The Morgan fingerprint density at radius 3 is 2.43 bits per heavy atom. The van der Waals surface area contributed by atoms with Crippen LogP contribution in [0.5, 0.6) is 0 Å². The number of aromatic nitrogens is 1. The highest BCUT2D eigenvalue weighted by molar-refractivity contribution is 7.12. The van der Waals surface area contributed by atoms with Gasteiger partial charge in [-0.3, -0.25) is 0 Å².